The van der Waals surface area contributed by atoms with Gasteiger partial charge < -0.3 is 9.64 Å². The Morgan fingerprint density at radius 3 is 2.71 bits per heavy atom. The number of nitrogens with zero attached hydrogens (tertiary/aromatic N) is 3. The second-order valence-corrected chi connectivity index (χ2v) is 9.81. The first kappa shape index (κ1) is 21.9. The summed E-state index contributed by atoms with van der Waals surface area (Å²) in [6.07, 6.45) is 4.10. The van der Waals surface area contributed by atoms with Crippen LogP contribution in [0.5, 0.6) is 5.75 Å². The minimum Gasteiger partial charge on any atom is -0.497 e. The number of benzene rings is 1. The summed E-state index contributed by atoms with van der Waals surface area (Å²) < 4.78 is 7.02. The Bertz CT molecular complexity index is 1150. The highest BCUT2D eigenvalue weighted by Crippen LogP contribution is 2.34. The van der Waals surface area contributed by atoms with Gasteiger partial charge in [0, 0.05) is 24.1 Å². The third-order valence-corrected chi connectivity index (χ3v) is 7.73. The van der Waals surface area contributed by atoms with Gasteiger partial charge >= 0.3 is 0 Å². The SMILES string of the molecule is CCCCCSc1nc2sc3c(c2c(=O)n1-c1ccc(OC)cc1)CCN(C(C)=O)C3. The van der Waals surface area contributed by atoms with Crippen LogP contribution in [0, 0.1) is 0 Å². The first-order valence-electron chi connectivity index (χ1n) is 10.6. The Balaban J connectivity index is 1.83. The monoisotopic (exact) mass is 457 g/mol. The molecular formula is C23H27N3O3S2. The van der Waals surface area contributed by atoms with Gasteiger partial charge in [0.25, 0.3) is 5.56 Å². The maximum absolute atomic E-state index is 13.7. The number of thiophene rings is 1. The number of fused-ring (bicyclic) bond motifs is 3. The maximum Gasteiger partial charge on any atom is 0.267 e. The van der Waals surface area contributed by atoms with Crippen LogP contribution in [0.15, 0.2) is 34.2 Å². The van der Waals surface area contributed by atoms with Crippen LogP contribution in [0.2, 0.25) is 0 Å². The molecule has 8 heteroatoms. The molecule has 6 nitrogen and oxygen atoms in total. The van der Waals surface area contributed by atoms with Crippen LogP contribution in [0.3, 0.4) is 0 Å². The molecule has 2 aromatic heterocycles. The topological polar surface area (TPSA) is 64.4 Å². The first-order chi connectivity index (χ1) is 15.0. The summed E-state index contributed by atoms with van der Waals surface area (Å²) in [5.74, 6) is 1.74. The minimum absolute atomic E-state index is 0.0260. The number of carbonyl (C=O) groups excluding carboxylic acids is 1. The molecule has 0 aliphatic carbocycles. The van der Waals surface area contributed by atoms with Crippen molar-refractivity contribution in [2.24, 2.45) is 0 Å². The van der Waals surface area contributed by atoms with E-state index in [9.17, 15) is 9.59 Å². The average molecular weight is 458 g/mol. The standard InChI is InChI=1S/C23H27N3O3S2/c1-4-5-6-13-30-23-24-21-20(18-11-12-25(15(2)27)14-19(18)31-21)22(28)26(23)16-7-9-17(29-3)10-8-16/h7-10H,4-6,11-14H2,1-3H3. The zero-order chi connectivity index (χ0) is 22.0. The maximum atomic E-state index is 13.7. The molecule has 0 spiro atoms. The highest BCUT2D eigenvalue weighted by atomic mass is 32.2. The van der Waals surface area contributed by atoms with E-state index in [1.54, 1.807) is 41.7 Å². The lowest BCUT2D eigenvalue weighted by Gasteiger charge is -2.25. The summed E-state index contributed by atoms with van der Waals surface area (Å²) in [6.45, 7) is 4.98. The highest BCUT2D eigenvalue weighted by Gasteiger charge is 2.26. The lowest BCUT2D eigenvalue weighted by molar-refractivity contribution is -0.129. The van der Waals surface area contributed by atoms with E-state index in [1.807, 2.05) is 29.2 Å². The number of unbranched alkanes of at least 4 members (excludes halogenated alkanes) is 2. The zero-order valence-corrected chi connectivity index (χ0v) is 19.8. The van der Waals surface area contributed by atoms with Crippen LogP contribution in [-0.2, 0) is 17.8 Å². The lowest BCUT2D eigenvalue weighted by Crippen LogP contribution is -2.34. The molecule has 0 fully saturated rings. The van der Waals surface area contributed by atoms with E-state index >= 15 is 0 Å². The van der Waals surface area contributed by atoms with Crippen LogP contribution in [0.1, 0.15) is 43.6 Å². The minimum atomic E-state index is -0.0260. The molecule has 4 rings (SSSR count). The second-order valence-electron chi connectivity index (χ2n) is 7.66. The van der Waals surface area contributed by atoms with Gasteiger partial charge in [0.2, 0.25) is 5.91 Å². The van der Waals surface area contributed by atoms with Crippen LogP contribution in [0.4, 0.5) is 0 Å². The molecule has 0 saturated heterocycles. The molecule has 0 N–H and O–H groups in total. The van der Waals surface area contributed by atoms with Gasteiger partial charge in [0.15, 0.2) is 5.16 Å². The van der Waals surface area contributed by atoms with Gasteiger partial charge in [-0.3, -0.25) is 14.2 Å². The van der Waals surface area contributed by atoms with Crippen molar-refractivity contribution in [1.29, 1.82) is 0 Å². The van der Waals surface area contributed by atoms with E-state index in [0.717, 1.165) is 56.9 Å². The first-order valence-corrected chi connectivity index (χ1v) is 12.4. The van der Waals surface area contributed by atoms with E-state index < -0.39 is 0 Å². The Morgan fingerprint density at radius 2 is 2.03 bits per heavy atom. The van der Waals surface area contributed by atoms with Crippen LogP contribution in [-0.4, -0.2) is 39.8 Å². The predicted molar refractivity (Wildman–Crippen MR) is 127 cm³/mol. The number of hydrogen-bond donors (Lipinski definition) is 0. The van der Waals surface area contributed by atoms with Crippen molar-refractivity contribution in [3.63, 3.8) is 0 Å². The fourth-order valence-electron chi connectivity index (χ4n) is 3.86. The Hall–Kier alpha value is -2.32. The number of ether oxygens (including phenoxy) is 1. The summed E-state index contributed by atoms with van der Waals surface area (Å²) in [6, 6.07) is 7.54. The summed E-state index contributed by atoms with van der Waals surface area (Å²) in [4.78, 5) is 34.2. The molecule has 164 valence electrons. The number of aromatic nitrogens is 2. The van der Waals surface area contributed by atoms with Gasteiger partial charge in [-0.15, -0.1) is 11.3 Å². The van der Waals surface area contributed by atoms with Crippen molar-refractivity contribution in [3.05, 3.63) is 45.1 Å². The highest BCUT2D eigenvalue weighted by molar-refractivity contribution is 7.99. The van der Waals surface area contributed by atoms with Gasteiger partial charge in [0.05, 0.1) is 24.7 Å². The summed E-state index contributed by atoms with van der Waals surface area (Å²) in [5, 5.41) is 1.43. The van der Waals surface area contributed by atoms with Gasteiger partial charge in [0.1, 0.15) is 10.6 Å². The van der Waals surface area contributed by atoms with E-state index in [-0.39, 0.29) is 11.5 Å². The molecule has 1 aromatic carbocycles. The zero-order valence-electron chi connectivity index (χ0n) is 18.1. The molecule has 1 aliphatic rings. The average Bonchev–Trinajstić information content (AvgIpc) is 3.14. The van der Waals surface area contributed by atoms with Crippen molar-refractivity contribution >= 4 is 39.2 Å². The molecule has 0 radical (unpaired) electrons. The number of methoxy groups -OCH3 is 1. The summed E-state index contributed by atoms with van der Waals surface area (Å²) >= 11 is 3.19. The van der Waals surface area contributed by atoms with Crippen LogP contribution >= 0.6 is 23.1 Å². The smallest absolute Gasteiger partial charge is 0.267 e. The third kappa shape index (κ3) is 4.36. The Kier molecular flexibility index (Phi) is 6.67. The van der Waals surface area contributed by atoms with Crippen molar-refractivity contribution in [3.8, 4) is 11.4 Å². The molecule has 0 saturated carbocycles. The Labute approximate surface area is 190 Å². The molecule has 3 heterocycles. The molecule has 0 bridgehead atoms. The van der Waals surface area contributed by atoms with E-state index in [4.69, 9.17) is 9.72 Å². The van der Waals surface area contributed by atoms with Gasteiger partial charge in [-0.25, -0.2) is 4.98 Å². The van der Waals surface area contributed by atoms with E-state index in [0.29, 0.717) is 24.9 Å². The number of rotatable bonds is 7. The summed E-state index contributed by atoms with van der Waals surface area (Å²) in [7, 11) is 1.63. The van der Waals surface area contributed by atoms with Crippen molar-refractivity contribution in [1.82, 2.24) is 14.5 Å². The molecule has 0 unspecified atom stereocenters. The van der Waals surface area contributed by atoms with Crippen molar-refractivity contribution in [2.45, 2.75) is 51.2 Å². The molecule has 1 amide bonds. The van der Waals surface area contributed by atoms with Crippen molar-refractivity contribution < 1.29 is 9.53 Å². The number of carbonyl (C=O) groups is 1. The normalized spacial score (nSPS) is 13.5. The van der Waals surface area contributed by atoms with Crippen LogP contribution in [0.25, 0.3) is 15.9 Å². The largest absolute Gasteiger partial charge is 0.497 e. The molecule has 3 aromatic rings. The number of hydrogen-bond acceptors (Lipinski definition) is 6. The van der Waals surface area contributed by atoms with Crippen LogP contribution < -0.4 is 10.3 Å². The van der Waals surface area contributed by atoms with Crippen molar-refractivity contribution in [2.75, 3.05) is 19.4 Å². The molecular weight excluding hydrogens is 430 g/mol. The fraction of sp³-hybridized carbons (Fsp3) is 0.435. The third-order valence-electron chi connectivity index (χ3n) is 5.60. The van der Waals surface area contributed by atoms with Gasteiger partial charge in [-0.05, 0) is 42.7 Å². The Morgan fingerprint density at radius 1 is 1.26 bits per heavy atom. The summed E-state index contributed by atoms with van der Waals surface area (Å²) in [5.41, 5.74) is 1.82. The van der Waals surface area contributed by atoms with E-state index in [2.05, 4.69) is 6.92 Å². The second kappa shape index (κ2) is 9.44. The number of thioether (sulfide) groups is 1. The number of amides is 1. The lowest BCUT2D eigenvalue weighted by atomic mass is 10.1. The molecule has 1 aliphatic heterocycles. The van der Waals surface area contributed by atoms with E-state index in [1.165, 1.54) is 0 Å². The van der Waals surface area contributed by atoms with Gasteiger partial charge in [-0.1, -0.05) is 31.5 Å². The molecule has 0 atom stereocenters. The van der Waals surface area contributed by atoms with Gasteiger partial charge in [-0.2, -0.15) is 0 Å². The predicted octanol–water partition coefficient (Wildman–Crippen LogP) is 4.64. The molecule has 31 heavy (non-hydrogen) atoms. The quantitative estimate of drug-likeness (QED) is 0.294. The fourth-order valence-corrected chi connectivity index (χ4v) is 6.15.